The Morgan fingerprint density at radius 2 is 1.74 bits per heavy atom. The molecule has 0 aromatic heterocycles. The zero-order chi connectivity index (χ0) is 20.2. The largest absolute Gasteiger partial charge is 0.348 e. The van der Waals surface area contributed by atoms with Crippen molar-refractivity contribution in [1.29, 1.82) is 0 Å². The summed E-state index contributed by atoms with van der Waals surface area (Å²) in [4.78, 5) is 13.1. The van der Waals surface area contributed by atoms with Gasteiger partial charge in [-0.15, -0.1) is 0 Å². The number of benzene rings is 2. The summed E-state index contributed by atoms with van der Waals surface area (Å²) < 4.78 is 25.3. The van der Waals surface area contributed by atoms with Gasteiger partial charge in [0.1, 0.15) is 6.04 Å². The number of rotatable bonds is 7. The minimum Gasteiger partial charge on any atom is -0.348 e. The highest BCUT2D eigenvalue weighted by Gasteiger charge is 2.32. The third-order valence-electron chi connectivity index (χ3n) is 4.78. The first-order chi connectivity index (χ1) is 12.6. The van der Waals surface area contributed by atoms with E-state index < -0.39 is 16.1 Å². The number of carbonyl (C=O) groups is 1. The standard InChI is InChI=1S/C21H28N2O3S/c1-6-19(18-13-12-15(2)14-16(18)3)22-21(24)20(23(4)27(5,25)26)17-10-8-7-9-11-17/h7-14,19-20H,6H2,1-5H3,(H,22,24)/t19-,20-/m0/s1. The second kappa shape index (κ2) is 8.67. The van der Waals surface area contributed by atoms with Gasteiger partial charge in [-0.05, 0) is 37.0 Å². The average molecular weight is 389 g/mol. The molecule has 146 valence electrons. The number of carbonyl (C=O) groups excluding carboxylic acids is 1. The van der Waals surface area contributed by atoms with Gasteiger partial charge in [0.15, 0.2) is 0 Å². The molecular formula is C21H28N2O3S. The molecule has 0 saturated carbocycles. The lowest BCUT2D eigenvalue weighted by Crippen LogP contribution is -2.42. The molecule has 1 amide bonds. The fourth-order valence-corrected chi connectivity index (χ4v) is 3.82. The van der Waals surface area contributed by atoms with Gasteiger partial charge < -0.3 is 5.32 Å². The van der Waals surface area contributed by atoms with Crippen LogP contribution in [-0.4, -0.2) is 31.9 Å². The number of aryl methyl sites for hydroxylation is 2. The summed E-state index contributed by atoms with van der Waals surface area (Å²) >= 11 is 0. The van der Waals surface area contributed by atoms with Crippen LogP contribution in [0.1, 0.15) is 47.7 Å². The highest BCUT2D eigenvalue weighted by Crippen LogP contribution is 2.26. The van der Waals surface area contributed by atoms with E-state index in [1.165, 1.54) is 7.05 Å². The third kappa shape index (κ3) is 5.17. The molecule has 2 rings (SSSR count). The topological polar surface area (TPSA) is 66.5 Å². The second-order valence-corrected chi connectivity index (χ2v) is 8.96. The highest BCUT2D eigenvalue weighted by molar-refractivity contribution is 7.88. The summed E-state index contributed by atoms with van der Waals surface area (Å²) in [7, 11) is -2.11. The van der Waals surface area contributed by atoms with Crippen LogP contribution in [0, 0.1) is 13.8 Å². The third-order valence-corrected chi connectivity index (χ3v) is 6.03. The van der Waals surface area contributed by atoms with Crippen molar-refractivity contribution < 1.29 is 13.2 Å². The van der Waals surface area contributed by atoms with Crippen molar-refractivity contribution in [2.75, 3.05) is 13.3 Å². The van der Waals surface area contributed by atoms with Crippen LogP contribution in [0.5, 0.6) is 0 Å². The summed E-state index contributed by atoms with van der Waals surface area (Å²) in [6, 6.07) is 14.0. The summed E-state index contributed by atoms with van der Waals surface area (Å²) in [5.41, 5.74) is 3.95. The van der Waals surface area contributed by atoms with E-state index in [1.54, 1.807) is 24.3 Å². The number of nitrogens with zero attached hydrogens (tertiary/aromatic N) is 1. The van der Waals surface area contributed by atoms with Crippen molar-refractivity contribution in [2.45, 2.75) is 39.3 Å². The molecule has 27 heavy (non-hydrogen) atoms. The van der Waals surface area contributed by atoms with Gasteiger partial charge in [-0.25, -0.2) is 8.42 Å². The lowest BCUT2D eigenvalue weighted by atomic mass is 9.96. The Morgan fingerprint density at radius 3 is 2.26 bits per heavy atom. The molecule has 0 saturated heterocycles. The summed E-state index contributed by atoms with van der Waals surface area (Å²) in [5.74, 6) is -0.332. The van der Waals surface area contributed by atoms with Crippen molar-refractivity contribution in [2.24, 2.45) is 0 Å². The maximum absolute atomic E-state index is 13.1. The van der Waals surface area contributed by atoms with Crippen molar-refractivity contribution in [3.05, 3.63) is 70.8 Å². The van der Waals surface area contributed by atoms with Crippen LogP contribution in [0.15, 0.2) is 48.5 Å². The van der Waals surface area contributed by atoms with Crippen LogP contribution in [0.4, 0.5) is 0 Å². The molecule has 6 heteroatoms. The molecule has 0 radical (unpaired) electrons. The van der Waals surface area contributed by atoms with Gasteiger partial charge >= 0.3 is 0 Å². The van der Waals surface area contributed by atoms with E-state index in [0.29, 0.717) is 12.0 Å². The van der Waals surface area contributed by atoms with Gasteiger partial charge in [0.2, 0.25) is 15.9 Å². The molecule has 0 fully saturated rings. The molecule has 5 nitrogen and oxygen atoms in total. The summed E-state index contributed by atoms with van der Waals surface area (Å²) in [6.45, 7) is 6.05. The Balaban J connectivity index is 2.37. The van der Waals surface area contributed by atoms with E-state index in [4.69, 9.17) is 0 Å². The van der Waals surface area contributed by atoms with Gasteiger partial charge in [-0.3, -0.25) is 4.79 Å². The molecular weight excluding hydrogens is 360 g/mol. The Labute approximate surface area is 162 Å². The number of likely N-dealkylation sites (N-methyl/N-ethyl adjacent to an activating group) is 1. The van der Waals surface area contributed by atoms with Crippen LogP contribution >= 0.6 is 0 Å². The maximum atomic E-state index is 13.1. The first-order valence-electron chi connectivity index (χ1n) is 9.00. The number of hydrogen-bond donors (Lipinski definition) is 1. The van der Waals surface area contributed by atoms with Gasteiger partial charge in [0, 0.05) is 7.05 Å². The molecule has 0 heterocycles. The van der Waals surface area contributed by atoms with Crippen LogP contribution in [0.25, 0.3) is 0 Å². The van der Waals surface area contributed by atoms with Crippen molar-refractivity contribution in [3.63, 3.8) is 0 Å². The first kappa shape index (κ1) is 21.1. The normalized spacial score (nSPS) is 14.0. The lowest BCUT2D eigenvalue weighted by molar-refractivity contribution is -0.125. The first-order valence-corrected chi connectivity index (χ1v) is 10.9. The molecule has 0 aliphatic heterocycles. The Bertz CT molecular complexity index is 895. The quantitative estimate of drug-likeness (QED) is 0.789. The van der Waals surface area contributed by atoms with E-state index in [1.807, 2.05) is 39.0 Å². The molecule has 0 bridgehead atoms. The highest BCUT2D eigenvalue weighted by atomic mass is 32.2. The minimum absolute atomic E-state index is 0.183. The summed E-state index contributed by atoms with van der Waals surface area (Å²) in [5, 5.41) is 3.05. The molecule has 2 aromatic rings. The zero-order valence-electron chi connectivity index (χ0n) is 16.6. The fraction of sp³-hybridized carbons (Fsp3) is 0.381. The predicted molar refractivity (Wildman–Crippen MR) is 109 cm³/mol. The maximum Gasteiger partial charge on any atom is 0.243 e. The number of amides is 1. The minimum atomic E-state index is -3.54. The van der Waals surface area contributed by atoms with E-state index in [9.17, 15) is 13.2 Å². The lowest BCUT2D eigenvalue weighted by Gasteiger charge is -2.28. The molecule has 1 N–H and O–H groups in total. The number of sulfonamides is 1. The molecule has 0 aliphatic rings. The van der Waals surface area contributed by atoms with Gasteiger partial charge in [0.05, 0.1) is 12.3 Å². The molecule has 0 unspecified atom stereocenters. The molecule has 0 aliphatic carbocycles. The average Bonchev–Trinajstić information content (AvgIpc) is 2.60. The van der Waals surface area contributed by atoms with Crippen LogP contribution < -0.4 is 5.32 Å². The Kier molecular flexibility index (Phi) is 6.78. The fourth-order valence-electron chi connectivity index (χ4n) is 3.22. The van der Waals surface area contributed by atoms with E-state index in [0.717, 1.165) is 27.3 Å². The van der Waals surface area contributed by atoms with E-state index >= 15 is 0 Å². The van der Waals surface area contributed by atoms with Crippen molar-refractivity contribution in [1.82, 2.24) is 9.62 Å². The monoisotopic (exact) mass is 388 g/mol. The van der Waals surface area contributed by atoms with Crippen LogP contribution in [0.2, 0.25) is 0 Å². The Hall–Kier alpha value is -2.18. The zero-order valence-corrected chi connectivity index (χ0v) is 17.4. The molecule has 0 spiro atoms. The van der Waals surface area contributed by atoms with Crippen LogP contribution in [-0.2, 0) is 14.8 Å². The van der Waals surface area contributed by atoms with E-state index in [-0.39, 0.29) is 11.9 Å². The summed E-state index contributed by atoms with van der Waals surface area (Å²) in [6.07, 6.45) is 1.82. The predicted octanol–water partition coefficient (Wildman–Crippen LogP) is 3.50. The Morgan fingerprint density at radius 1 is 1.11 bits per heavy atom. The second-order valence-electron chi connectivity index (χ2n) is 6.92. The van der Waals surface area contributed by atoms with Crippen molar-refractivity contribution in [3.8, 4) is 0 Å². The van der Waals surface area contributed by atoms with Crippen LogP contribution in [0.3, 0.4) is 0 Å². The van der Waals surface area contributed by atoms with E-state index in [2.05, 4.69) is 11.4 Å². The van der Waals surface area contributed by atoms with Gasteiger partial charge in [-0.1, -0.05) is 61.0 Å². The smallest absolute Gasteiger partial charge is 0.243 e. The van der Waals surface area contributed by atoms with Crippen molar-refractivity contribution >= 4 is 15.9 Å². The number of hydrogen-bond acceptors (Lipinski definition) is 3. The number of nitrogens with one attached hydrogen (secondary N) is 1. The molecule has 2 aromatic carbocycles. The van der Waals surface area contributed by atoms with Gasteiger partial charge in [-0.2, -0.15) is 4.31 Å². The SMILES string of the molecule is CC[C@H](NC(=O)[C@H](c1ccccc1)N(C)S(C)(=O)=O)c1ccc(C)cc1C. The van der Waals surface area contributed by atoms with Gasteiger partial charge in [0.25, 0.3) is 0 Å². The molecule has 2 atom stereocenters.